The van der Waals surface area contributed by atoms with Gasteiger partial charge in [-0.3, -0.25) is 4.90 Å². The van der Waals surface area contributed by atoms with Crippen molar-refractivity contribution in [3.8, 4) is 16.5 Å². The lowest BCUT2D eigenvalue weighted by molar-refractivity contribution is 0.667. The topological polar surface area (TPSA) is 44.3 Å². The predicted molar refractivity (Wildman–Crippen MR) is 174 cm³/mol. The summed E-state index contributed by atoms with van der Waals surface area (Å²) in [4.78, 5) is 12.9. The predicted octanol–water partition coefficient (Wildman–Crippen LogP) is 10.5. The van der Waals surface area contributed by atoms with Gasteiger partial charge in [-0.1, -0.05) is 19.9 Å². The van der Waals surface area contributed by atoms with Gasteiger partial charge in [-0.15, -0.1) is 22.7 Å². The number of allylic oxidation sites excluding steroid dienone is 1. The lowest BCUT2D eigenvalue weighted by Gasteiger charge is -2.28. The van der Waals surface area contributed by atoms with Crippen LogP contribution in [0.3, 0.4) is 0 Å². The van der Waals surface area contributed by atoms with Crippen LogP contribution < -0.4 is 4.90 Å². The van der Waals surface area contributed by atoms with Gasteiger partial charge in [0.25, 0.3) is 5.70 Å². The molecule has 0 bridgehead atoms. The number of nitrogens with zero attached hydrogens (tertiary/aromatic N) is 4. The molecule has 0 N–H and O–H groups in total. The maximum absolute atomic E-state index is 9.24. The average molecular weight is 571 g/mol. The van der Waals surface area contributed by atoms with Crippen molar-refractivity contribution in [3.63, 3.8) is 0 Å². The number of benzene rings is 2. The fraction of sp³-hybridized carbons (Fsp3) is 0.229. The number of anilines is 3. The Balaban J connectivity index is 1.52. The summed E-state index contributed by atoms with van der Waals surface area (Å²) < 4.78 is 2.43. The Morgan fingerprint density at radius 1 is 0.951 bits per heavy atom. The maximum atomic E-state index is 9.24. The van der Waals surface area contributed by atoms with Crippen molar-refractivity contribution in [2.45, 2.75) is 53.9 Å². The Morgan fingerprint density at radius 3 is 2.32 bits per heavy atom. The van der Waals surface area contributed by atoms with E-state index in [0.717, 1.165) is 22.1 Å². The number of hydrogen-bond acceptors (Lipinski definition) is 5. The molecular weight excluding hydrogens is 541 g/mol. The molecule has 0 spiro atoms. The molecule has 0 fully saturated rings. The minimum Gasteiger partial charge on any atom is -0.295 e. The number of aryl methyl sites for hydroxylation is 4. The highest BCUT2D eigenvalue weighted by Gasteiger charge is 2.40. The van der Waals surface area contributed by atoms with E-state index >= 15 is 0 Å². The van der Waals surface area contributed by atoms with E-state index in [0.29, 0.717) is 0 Å². The van der Waals surface area contributed by atoms with Crippen molar-refractivity contribution in [3.05, 3.63) is 110 Å². The summed E-state index contributed by atoms with van der Waals surface area (Å²) in [5, 5.41) is 9.24. The Labute approximate surface area is 249 Å². The smallest absolute Gasteiger partial charge is 0.263 e. The number of aromatic nitrogens is 1. The third-order valence-electron chi connectivity index (χ3n) is 8.48. The molecule has 3 heterocycles. The minimum atomic E-state index is -0.224. The van der Waals surface area contributed by atoms with E-state index < -0.39 is 0 Å². The van der Waals surface area contributed by atoms with Crippen LogP contribution in [-0.2, 0) is 5.41 Å². The summed E-state index contributed by atoms with van der Waals surface area (Å²) in [6, 6.07) is 17.5. The molecule has 3 aromatic heterocycles. The molecule has 0 atom stereocenters. The molecule has 5 aromatic rings. The third-order valence-corrected chi connectivity index (χ3v) is 10.9. The molecule has 0 saturated carbocycles. The van der Waals surface area contributed by atoms with Crippen LogP contribution in [-0.4, -0.2) is 4.98 Å². The van der Waals surface area contributed by atoms with E-state index in [-0.39, 0.29) is 11.1 Å². The van der Waals surface area contributed by atoms with Crippen LogP contribution in [0.1, 0.15) is 57.7 Å². The summed E-state index contributed by atoms with van der Waals surface area (Å²) in [7, 11) is 0. The van der Waals surface area contributed by atoms with Crippen molar-refractivity contribution in [1.82, 2.24) is 4.98 Å². The van der Waals surface area contributed by atoms with Crippen LogP contribution in [0.25, 0.3) is 30.8 Å². The summed E-state index contributed by atoms with van der Waals surface area (Å²) >= 11 is 3.44. The highest BCUT2D eigenvalue weighted by Crippen LogP contribution is 2.57. The average Bonchev–Trinajstić information content (AvgIpc) is 3.55. The second-order valence-electron chi connectivity index (χ2n) is 11.4. The molecular formula is C35H30N4S2. The number of hydrogen-bond donors (Lipinski definition) is 0. The summed E-state index contributed by atoms with van der Waals surface area (Å²) in [6.45, 7) is 22.7. The summed E-state index contributed by atoms with van der Waals surface area (Å²) in [5.41, 5.74) is 12.2. The lowest BCUT2D eigenvalue weighted by atomic mass is 9.83. The Kier molecular flexibility index (Phi) is 6.38. The molecule has 6 rings (SSSR count). The van der Waals surface area contributed by atoms with Gasteiger partial charge in [0.1, 0.15) is 5.82 Å². The number of pyridine rings is 1. The van der Waals surface area contributed by atoms with E-state index in [1.54, 1.807) is 28.7 Å². The second-order valence-corrected chi connectivity index (χ2v) is 13.6. The van der Waals surface area contributed by atoms with Crippen molar-refractivity contribution < 1.29 is 0 Å². The molecule has 4 nitrogen and oxygen atoms in total. The van der Waals surface area contributed by atoms with Gasteiger partial charge in [-0.25, -0.2) is 15.1 Å². The molecule has 0 unspecified atom stereocenters. The van der Waals surface area contributed by atoms with E-state index in [4.69, 9.17) is 11.6 Å². The molecule has 0 radical (unpaired) electrons. The van der Waals surface area contributed by atoms with Gasteiger partial charge < -0.3 is 0 Å². The van der Waals surface area contributed by atoms with Gasteiger partial charge >= 0.3 is 0 Å². The molecule has 0 amide bonds. The molecule has 1 aliphatic carbocycles. The summed E-state index contributed by atoms with van der Waals surface area (Å²) in [6.07, 6.45) is 3.74. The maximum Gasteiger partial charge on any atom is 0.263 e. The molecule has 1 aliphatic rings. The SMILES string of the molecule is [C-]#[N+]/C(C#N)=C\c1cc2sc3c(c2s1)C(C)(C)c1cc(N(c2ccc(C)c(C)c2)c2cc(C)c(C)c(C)c2)ncc1-3. The van der Waals surface area contributed by atoms with Crippen molar-refractivity contribution in [2.24, 2.45) is 0 Å². The Hall–Kier alpha value is -4.23. The van der Waals surface area contributed by atoms with Crippen LogP contribution >= 0.6 is 22.7 Å². The van der Waals surface area contributed by atoms with Gasteiger partial charge in [0.05, 0.1) is 17.3 Å². The zero-order valence-electron chi connectivity index (χ0n) is 24.3. The molecule has 41 heavy (non-hydrogen) atoms. The standard InChI is InChI=1S/C35H30N4S2/c1-19-9-10-25(11-20(19)2)39(26-12-21(3)23(5)22(4)13-26)31-16-29-28(18-38-31)33-32(35(29,6)7)34-30(41-33)15-27(40-34)14-24(17-36)37-8/h9-16,18H,1-7H3/b24-14-. The molecule has 2 aromatic carbocycles. The number of thiophene rings is 2. The van der Waals surface area contributed by atoms with Gasteiger partial charge in [0, 0.05) is 43.0 Å². The van der Waals surface area contributed by atoms with Crippen molar-refractivity contribution in [2.75, 3.05) is 4.90 Å². The van der Waals surface area contributed by atoms with Gasteiger partial charge in [0.15, 0.2) is 0 Å². The first-order valence-electron chi connectivity index (χ1n) is 13.6. The molecule has 0 saturated heterocycles. The fourth-order valence-electron chi connectivity index (χ4n) is 5.78. The summed E-state index contributed by atoms with van der Waals surface area (Å²) in [5.74, 6) is 0.902. The van der Waals surface area contributed by atoms with Crippen molar-refractivity contribution in [1.29, 1.82) is 5.26 Å². The monoisotopic (exact) mass is 570 g/mol. The first-order chi connectivity index (χ1) is 19.5. The quantitative estimate of drug-likeness (QED) is 0.159. The lowest BCUT2D eigenvalue weighted by Crippen LogP contribution is -2.17. The molecule has 6 heteroatoms. The normalized spacial score (nSPS) is 13.5. The Bertz CT molecular complexity index is 1970. The third kappa shape index (κ3) is 4.27. The fourth-order valence-corrected chi connectivity index (χ4v) is 8.70. The van der Waals surface area contributed by atoms with Gasteiger partial charge in [-0.05, 0) is 116 Å². The van der Waals surface area contributed by atoms with Crippen molar-refractivity contribution >= 4 is 55.3 Å². The highest BCUT2D eigenvalue weighted by atomic mass is 32.1. The highest BCUT2D eigenvalue weighted by molar-refractivity contribution is 7.30. The van der Waals surface area contributed by atoms with Crippen LogP contribution in [0, 0.1) is 52.5 Å². The number of nitriles is 1. The first kappa shape index (κ1) is 27.0. The Morgan fingerprint density at radius 2 is 1.66 bits per heavy atom. The van der Waals surface area contributed by atoms with Gasteiger partial charge in [-0.2, -0.15) is 0 Å². The second kappa shape index (κ2) is 9.70. The number of fused-ring (bicyclic) bond motifs is 5. The van der Waals surface area contributed by atoms with Crippen LogP contribution in [0.15, 0.2) is 54.4 Å². The van der Waals surface area contributed by atoms with Crippen LogP contribution in [0.5, 0.6) is 0 Å². The van der Waals surface area contributed by atoms with E-state index in [2.05, 4.69) is 101 Å². The number of rotatable bonds is 4. The molecule has 202 valence electrons. The van der Waals surface area contributed by atoms with E-state index in [1.807, 2.05) is 12.3 Å². The zero-order chi connectivity index (χ0) is 29.2. The largest absolute Gasteiger partial charge is 0.295 e. The minimum absolute atomic E-state index is 0.111. The van der Waals surface area contributed by atoms with E-state index in [1.165, 1.54) is 58.8 Å². The van der Waals surface area contributed by atoms with Gasteiger partial charge in [0.2, 0.25) is 0 Å². The zero-order valence-corrected chi connectivity index (χ0v) is 25.9. The van der Waals surface area contributed by atoms with E-state index in [9.17, 15) is 5.26 Å². The van der Waals surface area contributed by atoms with Crippen LogP contribution in [0.2, 0.25) is 0 Å². The first-order valence-corrected chi connectivity index (χ1v) is 15.2. The molecule has 0 aliphatic heterocycles. The van der Waals surface area contributed by atoms with Crippen LogP contribution in [0.4, 0.5) is 17.2 Å².